The fraction of sp³-hybridized carbons (Fsp3) is 0.333. The van der Waals surface area contributed by atoms with E-state index >= 15 is 0 Å². The number of benzene rings is 1. The van der Waals surface area contributed by atoms with Crippen LogP contribution in [0, 0.1) is 0 Å². The highest BCUT2D eigenvalue weighted by Gasteiger charge is 2.22. The molecular weight excluding hydrogens is 274 g/mol. The van der Waals surface area contributed by atoms with Crippen molar-refractivity contribution < 1.29 is 23.8 Å². The quantitative estimate of drug-likeness (QED) is 0.849. The molecule has 1 N–H and O–H groups in total. The molecule has 0 aromatic heterocycles. The SMILES string of the molecule is COC(=O)[C@H](C)NC(=O)c1cc(Cl)c2c(c1)OCO2. The summed E-state index contributed by atoms with van der Waals surface area (Å²) in [5.41, 5.74) is 0.282. The van der Waals surface area contributed by atoms with Gasteiger partial charge in [-0.2, -0.15) is 0 Å². The van der Waals surface area contributed by atoms with E-state index in [1.165, 1.54) is 26.2 Å². The highest BCUT2D eigenvalue weighted by molar-refractivity contribution is 6.32. The van der Waals surface area contributed by atoms with Crippen LogP contribution in [0.3, 0.4) is 0 Å². The van der Waals surface area contributed by atoms with Crippen LogP contribution in [0.15, 0.2) is 12.1 Å². The molecule has 19 heavy (non-hydrogen) atoms. The summed E-state index contributed by atoms with van der Waals surface area (Å²) >= 11 is 5.97. The van der Waals surface area contributed by atoms with Crippen molar-refractivity contribution in [2.45, 2.75) is 13.0 Å². The number of rotatable bonds is 3. The molecule has 0 radical (unpaired) electrons. The Morgan fingerprint density at radius 2 is 2.16 bits per heavy atom. The average molecular weight is 286 g/mol. The zero-order chi connectivity index (χ0) is 14.0. The van der Waals surface area contributed by atoms with Gasteiger partial charge in [0.05, 0.1) is 12.1 Å². The summed E-state index contributed by atoms with van der Waals surface area (Å²) in [6.07, 6.45) is 0. The number of methoxy groups -OCH3 is 1. The Morgan fingerprint density at radius 1 is 1.42 bits per heavy atom. The molecular formula is C12H12ClNO5. The number of esters is 1. The van der Waals surface area contributed by atoms with Gasteiger partial charge in [0.2, 0.25) is 6.79 Å². The van der Waals surface area contributed by atoms with E-state index in [1.54, 1.807) is 0 Å². The molecule has 0 fully saturated rings. The van der Waals surface area contributed by atoms with Crippen LogP contribution in [-0.2, 0) is 9.53 Å². The Kier molecular flexibility index (Phi) is 3.80. The highest BCUT2D eigenvalue weighted by Crippen LogP contribution is 2.39. The van der Waals surface area contributed by atoms with Gasteiger partial charge >= 0.3 is 5.97 Å². The van der Waals surface area contributed by atoms with Crippen molar-refractivity contribution in [3.05, 3.63) is 22.7 Å². The first-order chi connectivity index (χ1) is 9.02. The van der Waals surface area contributed by atoms with E-state index in [2.05, 4.69) is 10.1 Å². The first-order valence-corrected chi connectivity index (χ1v) is 5.88. The second-order valence-corrected chi connectivity index (χ2v) is 4.32. The summed E-state index contributed by atoms with van der Waals surface area (Å²) in [7, 11) is 1.25. The summed E-state index contributed by atoms with van der Waals surface area (Å²) in [4.78, 5) is 23.2. The molecule has 102 valence electrons. The van der Waals surface area contributed by atoms with Crippen LogP contribution in [0.2, 0.25) is 5.02 Å². The molecule has 0 bridgehead atoms. The minimum Gasteiger partial charge on any atom is -0.467 e. The maximum Gasteiger partial charge on any atom is 0.328 e. The number of ether oxygens (including phenoxy) is 3. The fourth-order valence-corrected chi connectivity index (χ4v) is 1.88. The number of amides is 1. The minimum absolute atomic E-state index is 0.0681. The van der Waals surface area contributed by atoms with Gasteiger partial charge in [0.15, 0.2) is 11.5 Å². The number of hydrogen-bond acceptors (Lipinski definition) is 5. The largest absolute Gasteiger partial charge is 0.467 e. The predicted molar refractivity (Wildman–Crippen MR) is 66.5 cm³/mol. The van der Waals surface area contributed by atoms with Crippen molar-refractivity contribution in [1.82, 2.24) is 5.32 Å². The normalized spacial score (nSPS) is 13.8. The van der Waals surface area contributed by atoms with Gasteiger partial charge in [-0.1, -0.05) is 11.6 Å². The number of halogens is 1. The van der Waals surface area contributed by atoms with E-state index in [0.29, 0.717) is 11.5 Å². The van der Waals surface area contributed by atoms with E-state index in [1.807, 2.05) is 0 Å². The Bertz CT molecular complexity index is 531. The molecule has 1 aromatic carbocycles. The van der Waals surface area contributed by atoms with Gasteiger partial charge < -0.3 is 19.5 Å². The molecule has 2 rings (SSSR count). The van der Waals surface area contributed by atoms with E-state index < -0.39 is 17.9 Å². The van der Waals surface area contributed by atoms with Gasteiger partial charge in [-0.15, -0.1) is 0 Å². The van der Waals surface area contributed by atoms with Crippen molar-refractivity contribution >= 4 is 23.5 Å². The Hall–Kier alpha value is -1.95. The number of carbonyl (C=O) groups is 2. The molecule has 0 unspecified atom stereocenters. The second-order valence-electron chi connectivity index (χ2n) is 3.91. The van der Waals surface area contributed by atoms with E-state index in [9.17, 15) is 9.59 Å². The Labute approximate surface area is 114 Å². The van der Waals surface area contributed by atoms with Gasteiger partial charge in [-0.25, -0.2) is 4.79 Å². The molecule has 1 aliphatic rings. The van der Waals surface area contributed by atoms with Crippen molar-refractivity contribution in [1.29, 1.82) is 0 Å². The third-order valence-corrected chi connectivity index (χ3v) is 2.87. The van der Waals surface area contributed by atoms with E-state index in [0.717, 1.165) is 0 Å². The summed E-state index contributed by atoms with van der Waals surface area (Å²) in [6.45, 7) is 1.59. The molecule has 0 saturated heterocycles. The maximum absolute atomic E-state index is 12.0. The first-order valence-electron chi connectivity index (χ1n) is 5.50. The van der Waals surface area contributed by atoms with Crippen molar-refractivity contribution in [3.63, 3.8) is 0 Å². The van der Waals surface area contributed by atoms with Crippen LogP contribution in [0.5, 0.6) is 11.5 Å². The van der Waals surface area contributed by atoms with Crippen molar-refractivity contribution in [2.24, 2.45) is 0 Å². The summed E-state index contributed by atoms with van der Waals surface area (Å²) in [5.74, 6) is -0.152. The second kappa shape index (κ2) is 5.36. The predicted octanol–water partition coefficient (Wildman–Crippen LogP) is 1.36. The molecule has 0 aliphatic carbocycles. The summed E-state index contributed by atoms with van der Waals surface area (Å²) in [6, 6.07) is 2.21. The summed E-state index contributed by atoms with van der Waals surface area (Å²) < 4.78 is 14.8. The van der Waals surface area contributed by atoms with Crippen LogP contribution in [-0.4, -0.2) is 31.8 Å². The van der Waals surface area contributed by atoms with Crippen LogP contribution >= 0.6 is 11.6 Å². The molecule has 1 amide bonds. The number of hydrogen-bond donors (Lipinski definition) is 1. The van der Waals surface area contributed by atoms with Gasteiger partial charge in [-0.3, -0.25) is 4.79 Å². The van der Waals surface area contributed by atoms with Crippen molar-refractivity contribution in [2.75, 3.05) is 13.9 Å². The third kappa shape index (κ3) is 2.73. The molecule has 0 saturated carbocycles. The maximum atomic E-state index is 12.0. The Balaban J connectivity index is 2.16. The lowest BCUT2D eigenvalue weighted by atomic mass is 10.1. The molecule has 6 nitrogen and oxygen atoms in total. The lowest BCUT2D eigenvalue weighted by Gasteiger charge is -2.12. The molecule has 1 aromatic rings. The lowest BCUT2D eigenvalue weighted by Crippen LogP contribution is -2.39. The van der Waals surface area contributed by atoms with Gasteiger partial charge in [0.1, 0.15) is 6.04 Å². The Morgan fingerprint density at radius 3 is 2.84 bits per heavy atom. The van der Waals surface area contributed by atoms with Crippen LogP contribution in [0.4, 0.5) is 0 Å². The zero-order valence-electron chi connectivity index (χ0n) is 10.4. The van der Waals surface area contributed by atoms with Crippen molar-refractivity contribution in [3.8, 4) is 11.5 Å². The van der Waals surface area contributed by atoms with Crippen LogP contribution in [0.25, 0.3) is 0 Å². The standard InChI is InChI=1S/C12H12ClNO5/c1-6(12(16)17-2)14-11(15)7-3-8(13)10-9(4-7)18-5-19-10/h3-4,6H,5H2,1-2H3,(H,14,15)/t6-/m0/s1. The summed E-state index contributed by atoms with van der Waals surface area (Å²) in [5, 5.41) is 2.78. The van der Waals surface area contributed by atoms with Crippen LogP contribution in [0.1, 0.15) is 17.3 Å². The molecule has 7 heteroatoms. The molecule has 0 spiro atoms. The monoisotopic (exact) mass is 285 g/mol. The van der Waals surface area contributed by atoms with Gasteiger partial charge in [0, 0.05) is 5.56 Å². The van der Waals surface area contributed by atoms with Crippen LogP contribution < -0.4 is 14.8 Å². The number of carbonyl (C=O) groups excluding carboxylic acids is 2. The smallest absolute Gasteiger partial charge is 0.328 e. The number of nitrogens with one attached hydrogen (secondary N) is 1. The molecule has 1 atom stereocenters. The van der Waals surface area contributed by atoms with E-state index in [4.69, 9.17) is 21.1 Å². The minimum atomic E-state index is -0.748. The zero-order valence-corrected chi connectivity index (χ0v) is 11.1. The number of fused-ring (bicyclic) bond motifs is 1. The average Bonchev–Trinajstić information content (AvgIpc) is 2.86. The fourth-order valence-electron chi connectivity index (χ4n) is 1.61. The molecule has 1 aliphatic heterocycles. The third-order valence-electron chi connectivity index (χ3n) is 2.59. The first kappa shape index (κ1) is 13.5. The molecule has 1 heterocycles. The van der Waals surface area contributed by atoms with Gasteiger partial charge in [-0.05, 0) is 19.1 Å². The highest BCUT2D eigenvalue weighted by atomic mass is 35.5. The van der Waals surface area contributed by atoms with E-state index in [-0.39, 0.29) is 17.4 Å². The van der Waals surface area contributed by atoms with Gasteiger partial charge in [0.25, 0.3) is 5.91 Å². The lowest BCUT2D eigenvalue weighted by molar-refractivity contribution is -0.142. The topological polar surface area (TPSA) is 73.9 Å².